The molecule has 0 fully saturated rings. The number of para-hydroxylation sites is 1. The van der Waals surface area contributed by atoms with Gasteiger partial charge in [-0.05, 0) is 23.8 Å². The van der Waals surface area contributed by atoms with Gasteiger partial charge in [0.15, 0.2) is 11.5 Å². The van der Waals surface area contributed by atoms with Gasteiger partial charge in [0.25, 0.3) is 0 Å². The van der Waals surface area contributed by atoms with Crippen LogP contribution in [0.15, 0.2) is 42.5 Å². The van der Waals surface area contributed by atoms with Crippen LogP contribution in [0.1, 0.15) is 11.1 Å². The first kappa shape index (κ1) is 18.7. The Bertz CT molecular complexity index is 826. The van der Waals surface area contributed by atoms with Crippen molar-refractivity contribution in [2.45, 2.75) is 19.5 Å². The van der Waals surface area contributed by atoms with Crippen molar-refractivity contribution >= 4 is 6.03 Å². The number of rotatable bonds is 5. The third-order valence-electron chi connectivity index (χ3n) is 3.83. The van der Waals surface area contributed by atoms with E-state index >= 15 is 0 Å². The molecular weight excluding hydrogens is 365 g/mol. The van der Waals surface area contributed by atoms with Gasteiger partial charge >= 0.3 is 12.4 Å². The van der Waals surface area contributed by atoms with Crippen LogP contribution in [0.5, 0.6) is 17.2 Å². The van der Waals surface area contributed by atoms with E-state index in [4.69, 9.17) is 9.47 Å². The lowest BCUT2D eigenvalue weighted by molar-refractivity contribution is -0.275. The summed E-state index contributed by atoms with van der Waals surface area (Å²) in [7, 11) is 1.49. The highest BCUT2D eigenvalue weighted by Gasteiger charge is 2.32. The van der Waals surface area contributed by atoms with Gasteiger partial charge in [0.05, 0.1) is 6.54 Å². The molecule has 0 atom stereocenters. The summed E-state index contributed by atoms with van der Waals surface area (Å²) in [5.41, 5.74) is 1.05. The van der Waals surface area contributed by atoms with Crippen molar-refractivity contribution in [2.75, 3.05) is 13.8 Å². The smallest absolute Gasteiger partial charge is 0.454 e. The first-order valence-electron chi connectivity index (χ1n) is 8.03. The molecule has 144 valence electrons. The van der Waals surface area contributed by atoms with Crippen LogP contribution in [-0.2, 0) is 13.1 Å². The number of hydrogen-bond acceptors (Lipinski definition) is 4. The molecule has 0 unspecified atom stereocenters. The summed E-state index contributed by atoms with van der Waals surface area (Å²) in [6.45, 7) is 0.354. The monoisotopic (exact) mass is 382 g/mol. The Kier molecular flexibility index (Phi) is 5.29. The fourth-order valence-corrected chi connectivity index (χ4v) is 2.55. The zero-order valence-corrected chi connectivity index (χ0v) is 14.4. The van der Waals surface area contributed by atoms with E-state index in [2.05, 4.69) is 10.1 Å². The van der Waals surface area contributed by atoms with Gasteiger partial charge in [-0.3, -0.25) is 0 Å². The lowest BCUT2D eigenvalue weighted by Crippen LogP contribution is -2.36. The van der Waals surface area contributed by atoms with Crippen molar-refractivity contribution in [3.05, 3.63) is 53.6 Å². The van der Waals surface area contributed by atoms with Crippen molar-refractivity contribution in [3.8, 4) is 17.2 Å². The fraction of sp³-hybridized carbons (Fsp3) is 0.278. The Morgan fingerprint density at radius 2 is 1.93 bits per heavy atom. The van der Waals surface area contributed by atoms with Gasteiger partial charge in [-0.2, -0.15) is 0 Å². The molecule has 1 aliphatic heterocycles. The molecular formula is C18H17F3N2O4. The van der Waals surface area contributed by atoms with Gasteiger partial charge in [0, 0.05) is 19.2 Å². The Morgan fingerprint density at radius 1 is 1.19 bits per heavy atom. The second kappa shape index (κ2) is 7.65. The number of benzene rings is 2. The van der Waals surface area contributed by atoms with Gasteiger partial charge in [-0.25, -0.2) is 4.79 Å². The first-order valence-corrected chi connectivity index (χ1v) is 8.03. The van der Waals surface area contributed by atoms with Crippen molar-refractivity contribution in [3.63, 3.8) is 0 Å². The van der Waals surface area contributed by atoms with Gasteiger partial charge in [-0.1, -0.05) is 24.3 Å². The number of alkyl halides is 3. The average molecular weight is 382 g/mol. The van der Waals surface area contributed by atoms with Crippen LogP contribution in [0, 0.1) is 0 Å². The van der Waals surface area contributed by atoms with E-state index in [1.807, 2.05) is 0 Å². The van der Waals surface area contributed by atoms with Crippen molar-refractivity contribution in [1.82, 2.24) is 10.2 Å². The Morgan fingerprint density at radius 3 is 2.70 bits per heavy atom. The molecule has 1 heterocycles. The number of hydrogen-bond donors (Lipinski definition) is 1. The molecule has 2 amide bonds. The zero-order chi connectivity index (χ0) is 19.4. The lowest BCUT2D eigenvalue weighted by Gasteiger charge is -2.20. The standard InChI is InChI=1S/C18H17F3N2O4/c1-23(10-13-4-2-3-5-14(13)27-18(19,20)21)17(24)22-9-12-6-7-15-16(8-12)26-11-25-15/h2-8H,9-11H2,1H3,(H,22,24). The SMILES string of the molecule is CN(Cc1ccccc1OC(F)(F)F)C(=O)NCc1ccc2c(c1)OCO2. The molecule has 0 saturated heterocycles. The van der Waals surface area contributed by atoms with Gasteiger partial charge < -0.3 is 24.4 Å². The second-order valence-corrected chi connectivity index (χ2v) is 5.86. The number of halogens is 3. The van der Waals surface area contributed by atoms with Gasteiger partial charge in [-0.15, -0.1) is 13.2 Å². The lowest BCUT2D eigenvalue weighted by atomic mass is 10.2. The van der Waals surface area contributed by atoms with E-state index in [1.54, 1.807) is 24.3 Å². The molecule has 0 aromatic heterocycles. The van der Waals surface area contributed by atoms with Crippen LogP contribution in [0.4, 0.5) is 18.0 Å². The van der Waals surface area contributed by atoms with Gasteiger partial charge in [0.2, 0.25) is 6.79 Å². The summed E-state index contributed by atoms with van der Waals surface area (Å²) in [5.74, 6) is 0.914. The summed E-state index contributed by atoms with van der Waals surface area (Å²) in [5, 5.41) is 2.71. The molecule has 2 aromatic rings. The average Bonchev–Trinajstić information content (AvgIpc) is 3.07. The number of amides is 2. The Hall–Kier alpha value is -3.10. The van der Waals surface area contributed by atoms with Crippen LogP contribution < -0.4 is 19.5 Å². The molecule has 0 saturated carbocycles. The quantitative estimate of drug-likeness (QED) is 0.858. The summed E-state index contributed by atoms with van der Waals surface area (Å²) in [4.78, 5) is 13.5. The maximum absolute atomic E-state index is 12.5. The number of nitrogens with zero attached hydrogens (tertiary/aromatic N) is 1. The summed E-state index contributed by atoms with van der Waals surface area (Å²) < 4.78 is 52.0. The Balaban J connectivity index is 1.58. The molecule has 2 aromatic carbocycles. The molecule has 1 N–H and O–H groups in total. The zero-order valence-electron chi connectivity index (χ0n) is 14.4. The van der Waals surface area contributed by atoms with Crippen molar-refractivity contribution in [1.29, 1.82) is 0 Å². The first-order chi connectivity index (χ1) is 12.8. The maximum Gasteiger partial charge on any atom is 0.573 e. The van der Waals surface area contributed by atoms with Crippen molar-refractivity contribution in [2.24, 2.45) is 0 Å². The molecule has 27 heavy (non-hydrogen) atoms. The van der Waals surface area contributed by atoms with Crippen LogP contribution in [-0.4, -0.2) is 31.1 Å². The van der Waals surface area contributed by atoms with Crippen LogP contribution in [0.2, 0.25) is 0 Å². The van der Waals surface area contributed by atoms with E-state index in [0.717, 1.165) is 5.56 Å². The van der Waals surface area contributed by atoms with Crippen LogP contribution >= 0.6 is 0 Å². The van der Waals surface area contributed by atoms with Gasteiger partial charge in [0.1, 0.15) is 5.75 Å². The van der Waals surface area contributed by atoms with E-state index in [1.165, 1.54) is 30.1 Å². The predicted octanol–water partition coefficient (Wildman–Crippen LogP) is 3.66. The summed E-state index contributed by atoms with van der Waals surface area (Å²) >= 11 is 0. The molecule has 0 spiro atoms. The normalized spacial score (nSPS) is 12.6. The third kappa shape index (κ3) is 4.96. The number of nitrogens with one attached hydrogen (secondary N) is 1. The van der Waals surface area contributed by atoms with E-state index < -0.39 is 12.4 Å². The molecule has 3 rings (SSSR count). The molecule has 0 aliphatic carbocycles. The third-order valence-corrected chi connectivity index (χ3v) is 3.83. The number of carbonyl (C=O) groups excluding carboxylic acids is 1. The summed E-state index contributed by atoms with van der Waals surface area (Å²) in [6.07, 6.45) is -4.80. The highest BCUT2D eigenvalue weighted by molar-refractivity contribution is 5.74. The van der Waals surface area contributed by atoms with E-state index in [-0.39, 0.29) is 31.2 Å². The number of carbonyl (C=O) groups is 1. The fourth-order valence-electron chi connectivity index (χ4n) is 2.55. The number of ether oxygens (including phenoxy) is 3. The molecule has 0 bridgehead atoms. The van der Waals surface area contributed by atoms with E-state index in [9.17, 15) is 18.0 Å². The topological polar surface area (TPSA) is 60.0 Å². The van der Waals surface area contributed by atoms with Crippen LogP contribution in [0.3, 0.4) is 0 Å². The number of fused-ring (bicyclic) bond motifs is 1. The largest absolute Gasteiger partial charge is 0.573 e. The highest BCUT2D eigenvalue weighted by Crippen LogP contribution is 2.32. The predicted molar refractivity (Wildman–Crippen MR) is 89.4 cm³/mol. The highest BCUT2D eigenvalue weighted by atomic mass is 19.4. The van der Waals surface area contributed by atoms with E-state index in [0.29, 0.717) is 11.5 Å². The second-order valence-electron chi connectivity index (χ2n) is 5.86. The van der Waals surface area contributed by atoms with Crippen LogP contribution in [0.25, 0.3) is 0 Å². The molecule has 9 heteroatoms. The summed E-state index contributed by atoms with van der Waals surface area (Å²) in [6, 6.07) is 10.6. The minimum absolute atomic E-state index is 0.0424. The van der Waals surface area contributed by atoms with Crippen molar-refractivity contribution < 1.29 is 32.2 Å². The number of urea groups is 1. The Labute approximate surface area is 153 Å². The maximum atomic E-state index is 12.5. The molecule has 1 aliphatic rings. The molecule has 6 nitrogen and oxygen atoms in total. The molecule has 0 radical (unpaired) electrons. The minimum Gasteiger partial charge on any atom is -0.454 e. The minimum atomic E-state index is -4.80.